The maximum atomic E-state index is 12.5. The van der Waals surface area contributed by atoms with E-state index < -0.39 is 5.97 Å². The lowest BCUT2D eigenvalue weighted by atomic mass is 10.1. The first-order chi connectivity index (χ1) is 13.0. The van der Waals surface area contributed by atoms with Crippen LogP contribution in [0.15, 0.2) is 72.8 Å². The number of amides is 1. The molecule has 0 aliphatic carbocycles. The summed E-state index contributed by atoms with van der Waals surface area (Å²) in [6.45, 7) is 2.34. The Labute approximate surface area is 157 Å². The van der Waals surface area contributed by atoms with Crippen molar-refractivity contribution in [2.24, 2.45) is 0 Å². The minimum atomic E-state index is -1.03. The minimum absolute atomic E-state index is 0.133. The topological polar surface area (TPSA) is 75.6 Å². The van der Waals surface area contributed by atoms with Crippen molar-refractivity contribution in [2.45, 2.75) is 13.5 Å². The van der Waals surface area contributed by atoms with Crippen molar-refractivity contribution in [1.82, 2.24) is 0 Å². The molecule has 0 spiro atoms. The highest BCUT2D eigenvalue weighted by molar-refractivity contribution is 6.05. The third-order valence-corrected chi connectivity index (χ3v) is 4.02. The second kappa shape index (κ2) is 8.19. The first-order valence-electron chi connectivity index (χ1n) is 8.45. The highest BCUT2D eigenvalue weighted by atomic mass is 16.5. The van der Waals surface area contributed by atoms with E-state index in [2.05, 4.69) is 5.32 Å². The van der Waals surface area contributed by atoms with Crippen molar-refractivity contribution in [3.8, 4) is 5.75 Å². The molecule has 0 unspecified atom stereocenters. The van der Waals surface area contributed by atoms with E-state index in [9.17, 15) is 9.59 Å². The zero-order valence-electron chi connectivity index (χ0n) is 14.8. The molecule has 3 aromatic rings. The molecule has 2 N–H and O–H groups in total. The van der Waals surface area contributed by atoms with Crippen molar-refractivity contribution < 1.29 is 19.4 Å². The molecule has 0 aliphatic rings. The van der Waals surface area contributed by atoms with E-state index in [-0.39, 0.29) is 11.5 Å². The fourth-order valence-corrected chi connectivity index (χ4v) is 2.55. The number of anilines is 1. The zero-order chi connectivity index (χ0) is 19.2. The second-order valence-corrected chi connectivity index (χ2v) is 6.11. The molecule has 0 radical (unpaired) electrons. The Balaban J connectivity index is 1.75. The maximum Gasteiger partial charge on any atom is 0.335 e. The number of carboxylic acids is 1. The molecule has 0 atom stereocenters. The van der Waals surface area contributed by atoms with Crippen LogP contribution in [0.25, 0.3) is 0 Å². The molecule has 0 fully saturated rings. The van der Waals surface area contributed by atoms with Crippen molar-refractivity contribution in [2.75, 3.05) is 5.32 Å². The van der Waals surface area contributed by atoms with Crippen LogP contribution in [-0.2, 0) is 6.61 Å². The van der Waals surface area contributed by atoms with Gasteiger partial charge in [0.15, 0.2) is 0 Å². The summed E-state index contributed by atoms with van der Waals surface area (Å²) in [7, 11) is 0. The maximum absolute atomic E-state index is 12.5. The summed E-state index contributed by atoms with van der Waals surface area (Å²) in [5.74, 6) is -0.785. The van der Waals surface area contributed by atoms with Crippen LogP contribution in [-0.4, -0.2) is 17.0 Å². The van der Waals surface area contributed by atoms with Gasteiger partial charge in [0.2, 0.25) is 0 Å². The molecule has 27 heavy (non-hydrogen) atoms. The van der Waals surface area contributed by atoms with Gasteiger partial charge >= 0.3 is 5.97 Å². The molecule has 0 saturated carbocycles. The average Bonchev–Trinajstić information content (AvgIpc) is 2.69. The number of carbonyl (C=O) groups excluding carboxylic acids is 1. The molecule has 0 heterocycles. The van der Waals surface area contributed by atoms with Crippen LogP contribution in [0.2, 0.25) is 0 Å². The molecule has 0 aliphatic heterocycles. The summed E-state index contributed by atoms with van der Waals surface area (Å²) in [4.78, 5) is 23.4. The molecular formula is C22H19NO4. The summed E-state index contributed by atoms with van der Waals surface area (Å²) < 4.78 is 5.90. The van der Waals surface area contributed by atoms with Gasteiger partial charge in [-0.1, -0.05) is 36.4 Å². The van der Waals surface area contributed by atoms with Crippen molar-refractivity contribution in [3.63, 3.8) is 0 Å². The quantitative estimate of drug-likeness (QED) is 0.677. The van der Waals surface area contributed by atoms with Crippen LogP contribution >= 0.6 is 0 Å². The lowest BCUT2D eigenvalue weighted by Crippen LogP contribution is -2.13. The van der Waals surface area contributed by atoms with Gasteiger partial charge in [-0.15, -0.1) is 0 Å². The number of hydrogen-bond donors (Lipinski definition) is 2. The first kappa shape index (κ1) is 18.2. The number of aryl methyl sites for hydroxylation is 1. The Bertz CT molecular complexity index is 950. The fraction of sp³-hybridized carbons (Fsp3) is 0.0909. The number of ether oxygens (including phenoxy) is 1. The smallest absolute Gasteiger partial charge is 0.335 e. The highest BCUT2D eigenvalue weighted by Gasteiger charge is 2.12. The van der Waals surface area contributed by atoms with Crippen molar-refractivity contribution in [1.29, 1.82) is 0 Å². The van der Waals surface area contributed by atoms with E-state index in [1.54, 1.807) is 6.07 Å². The third-order valence-electron chi connectivity index (χ3n) is 4.02. The number of nitrogens with one attached hydrogen (secondary N) is 1. The molecule has 5 nitrogen and oxygen atoms in total. The molecule has 1 amide bonds. The average molecular weight is 361 g/mol. The standard InChI is InChI=1S/C22H19NO4/c1-15-7-12-19(20(13-15)27-14-16-5-3-2-4-6-16)23-21(24)17-8-10-18(11-9-17)22(25)26/h2-13H,14H2,1H3,(H,23,24)(H,25,26). The van der Waals surface area contributed by atoms with Crippen LogP contribution in [0.5, 0.6) is 5.75 Å². The Hall–Kier alpha value is -3.60. The van der Waals surface area contributed by atoms with E-state index in [1.165, 1.54) is 24.3 Å². The van der Waals surface area contributed by atoms with Gasteiger partial charge in [0.1, 0.15) is 12.4 Å². The predicted octanol–water partition coefficient (Wildman–Crippen LogP) is 4.52. The van der Waals surface area contributed by atoms with E-state index in [1.807, 2.05) is 49.4 Å². The number of carboxylic acid groups (broad SMARTS) is 1. The van der Waals surface area contributed by atoms with Crippen LogP contribution in [0.4, 0.5) is 5.69 Å². The SMILES string of the molecule is Cc1ccc(NC(=O)c2ccc(C(=O)O)cc2)c(OCc2ccccc2)c1. The van der Waals surface area contributed by atoms with Gasteiger partial charge in [-0.05, 0) is 54.4 Å². The van der Waals surface area contributed by atoms with Gasteiger partial charge in [-0.25, -0.2) is 4.79 Å². The molecule has 3 rings (SSSR count). The van der Waals surface area contributed by atoms with Gasteiger partial charge in [-0.2, -0.15) is 0 Å². The Morgan fingerprint density at radius 3 is 2.26 bits per heavy atom. The van der Waals surface area contributed by atoms with Gasteiger partial charge in [0, 0.05) is 5.56 Å². The summed E-state index contributed by atoms with van der Waals surface area (Å²) >= 11 is 0. The first-order valence-corrected chi connectivity index (χ1v) is 8.45. The summed E-state index contributed by atoms with van der Waals surface area (Å²) in [5, 5.41) is 11.8. The molecule has 136 valence electrons. The predicted molar refractivity (Wildman–Crippen MR) is 103 cm³/mol. The Kier molecular flexibility index (Phi) is 5.52. The molecule has 0 bridgehead atoms. The number of hydrogen-bond acceptors (Lipinski definition) is 3. The van der Waals surface area contributed by atoms with Crippen LogP contribution in [0, 0.1) is 6.92 Å². The van der Waals surface area contributed by atoms with Crippen molar-refractivity contribution >= 4 is 17.6 Å². The summed E-state index contributed by atoms with van der Waals surface area (Å²) in [6.07, 6.45) is 0. The van der Waals surface area contributed by atoms with Crippen LogP contribution in [0.1, 0.15) is 31.8 Å². The van der Waals surface area contributed by atoms with E-state index >= 15 is 0 Å². The van der Waals surface area contributed by atoms with Gasteiger partial charge in [0.25, 0.3) is 5.91 Å². The van der Waals surface area contributed by atoms with Gasteiger partial charge in [-0.3, -0.25) is 4.79 Å². The second-order valence-electron chi connectivity index (χ2n) is 6.11. The number of benzene rings is 3. The molecule has 0 aromatic heterocycles. The Morgan fingerprint density at radius 1 is 0.926 bits per heavy atom. The lowest BCUT2D eigenvalue weighted by Gasteiger charge is -2.14. The highest BCUT2D eigenvalue weighted by Crippen LogP contribution is 2.27. The molecular weight excluding hydrogens is 342 g/mol. The number of rotatable bonds is 6. The van der Waals surface area contributed by atoms with Crippen molar-refractivity contribution in [3.05, 3.63) is 95.1 Å². The largest absolute Gasteiger partial charge is 0.487 e. The third kappa shape index (κ3) is 4.73. The van der Waals surface area contributed by atoms with E-state index in [4.69, 9.17) is 9.84 Å². The number of carbonyl (C=O) groups is 2. The summed E-state index contributed by atoms with van der Waals surface area (Å²) in [6, 6.07) is 21.1. The minimum Gasteiger partial charge on any atom is -0.487 e. The lowest BCUT2D eigenvalue weighted by molar-refractivity contribution is 0.0696. The fourth-order valence-electron chi connectivity index (χ4n) is 2.55. The summed E-state index contributed by atoms with van der Waals surface area (Å²) in [5.41, 5.74) is 3.11. The van der Waals surface area contributed by atoms with Gasteiger partial charge < -0.3 is 15.2 Å². The van der Waals surface area contributed by atoms with Gasteiger partial charge in [0.05, 0.1) is 11.3 Å². The van der Waals surface area contributed by atoms with Crippen LogP contribution < -0.4 is 10.1 Å². The number of aromatic carboxylic acids is 1. The zero-order valence-corrected chi connectivity index (χ0v) is 14.8. The van der Waals surface area contributed by atoms with E-state index in [0.717, 1.165) is 11.1 Å². The van der Waals surface area contributed by atoms with E-state index in [0.29, 0.717) is 23.6 Å². The molecule has 5 heteroatoms. The normalized spacial score (nSPS) is 10.3. The van der Waals surface area contributed by atoms with Crippen LogP contribution in [0.3, 0.4) is 0 Å². The molecule has 0 saturated heterocycles. The monoisotopic (exact) mass is 361 g/mol. The Morgan fingerprint density at radius 2 is 1.59 bits per heavy atom. The molecule has 3 aromatic carbocycles.